The first-order valence-corrected chi connectivity index (χ1v) is 11.9. The molecular weight excluding hydrogens is 449 g/mol. The molecule has 0 saturated carbocycles. The minimum atomic E-state index is -0.558. The topological polar surface area (TPSA) is 93.9 Å². The Morgan fingerprint density at radius 1 is 1.29 bits per heavy atom. The van der Waals surface area contributed by atoms with E-state index in [1.165, 1.54) is 6.07 Å². The molecule has 190 valence electrons. The fraction of sp³-hybridized carbons (Fsp3) is 0.481. The zero-order valence-electron chi connectivity index (χ0n) is 21.0. The molecule has 0 saturated heterocycles. The van der Waals surface area contributed by atoms with Gasteiger partial charge in [-0.2, -0.15) is 0 Å². The summed E-state index contributed by atoms with van der Waals surface area (Å²) in [4.78, 5) is 26.0. The first-order valence-electron chi connectivity index (χ1n) is 11.9. The number of rotatable bonds is 10. The van der Waals surface area contributed by atoms with E-state index < -0.39 is 5.92 Å². The number of methoxy groups -OCH3 is 1. The van der Waals surface area contributed by atoms with E-state index in [4.69, 9.17) is 15.2 Å². The number of benzene rings is 2. The van der Waals surface area contributed by atoms with Gasteiger partial charge in [-0.1, -0.05) is 32.9 Å². The number of halogens is 1. The Balaban J connectivity index is 1.73. The van der Waals surface area contributed by atoms with Crippen molar-refractivity contribution in [2.24, 2.45) is 11.7 Å². The Morgan fingerprint density at radius 3 is 2.69 bits per heavy atom. The van der Waals surface area contributed by atoms with E-state index >= 15 is 0 Å². The van der Waals surface area contributed by atoms with Gasteiger partial charge in [0.1, 0.15) is 24.6 Å². The molecule has 1 aliphatic rings. The Bertz CT molecular complexity index is 1040. The number of anilines is 1. The smallest absolute Gasteiger partial charge is 0.228 e. The van der Waals surface area contributed by atoms with Crippen LogP contribution in [0.1, 0.15) is 49.9 Å². The van der Waals surface area contributed by atoms with Crippen LogP contribution in [-0.2, 0) is 26.2 Å². The van der Waals surface area contributed by atoms with Crippen molar-refractivity contribution < 1.29 is 23.5 Å². The normalized spacial score (nSPS) is 16.4. The van der Waals surface area contributed by atoms with Crippen molar-refractivity contribution in [1.29, 1.82) is 0 Å². The van der Waals surface area contributed by atoms with Crippen LogP contribution >= 0.6 is 0 Å². The molecule has 0 bridgehead atoms. The van der Waals surface area contributed by atoms with E-state index in [9.17, 15) is 14.0 Å². The van der Waals surface area contributed by atoms with Crippen LogP contribution in [0.4, 0.5) is 10.1 Å². The van der Waals surface area contributed by atoms with Crippen LogP contribution in [0.3, 0.4) is 0 Å². The Kier molecular flexibility index (Phi) is 8.86. The highest BCUT2D eigenvalue weighted by Crippen LogP contribution is 2.34. The summed E-state index contributed by atoms with van der Waals surface area (Å²) < 4.78 is 25.8. The number of fused-ring (bicyclic) bond motifs is 1. The minimum Gasteiger partial charge on any atom is -0.497 e. The van der Waals surface area contributed by atoms with E-state index in [2.05, 4.69) is 5.32 Å². The van der Waals surface area contributed by atoms with Gasteiger partial charge in [0, 0.05) is 25.2 Å². The van der Waals surface area contributed by atoms with Gasteiger partial charge >= 0.3 is 0 Å². The van der Waals surface area contributed by atoms with Gasteiger partial charge in [-0.3, -0.25) is 4.79 Å². The highest BCUT2D eigenvalue weighted by molar-refractivity contribution is 5.82. The second-order valence-electron chi connectivity index (χ2n) is 9.83. The van der Waals surface area contributed by atoms with E-state index in [1.54, 1.807) is 18.1 Å². The van der Waals surface area contributed by atoms with Gasteiger partial charge in [0.2, 0.25) is 5.91 Å². The quantitative estimate of drug-likeness (QED) is 0.302. The molecule has 1 amide bonds. The van der Waals surface area contributed by atoms with Gasteiger partial charge in [-0.05, 0) is 52.8 Å². The molecule has 0 spiro atoms. The first-order chi connectivity index (χ1) is 16.7. The zero-order valence-corrected chi connectivity index (χ0v) is 21.0. The summed E-state index contributed by atoms with van der Waals surface area (Å²) in [5.74, 6) is -0.219. The van der Waals surface area contributed by atoms with Crippen LogP contribution in [0, 0.1) is 11.7 Å². The van der Waals surface area contributed by atoms with Gasteiger partial charge in [0.15, 0.2) is 0 Å². The maximum Gasteiger partial charge on any atom is 0.228 e. The predicted molar refractivity (Wildman–Crippen MR) is 134 cm³/mol. The molecule has 0 aliphatic carbocycles. The molecule has 2 aromatic carbocycles. The number of nitrogens with zero attached hydrogens (tertiary/aromatic N) is 1. The van der Waals surface area contributed by atoms with E-state index in [0.29, 0.717) is 24.2 Å². The lowest BCUT2D eigenvalue weighted by molar-refractivity contribution is -0.140. The lowest BCUT2D eigenvalue weighted by atomic mass is 9.86. The standard InChI is InChI=1S/C27H36FN3O4/c1-27(2,3)23-8-5-20(14-24(23)28)30-17-35-16-25-22-7-6-21(34-4)13-18(22)9-11-31(25)26(33)19(15-29)10-12-32/h5-8,12-14,19,25,30H,9-11,15-17,29H2,1-4H3/t19-,25-/m0/s1. The van der Waals surface area contributed by atoms with Crippen molar-refractivity contribution in [2.45, 2.75) is 45.1 Å². The summed E-state index contributed by atoms with van der Waals surface area (Å²) in [6.45, 7) is 6.89. The SMILES string of the molecule is COc1ccc2c(c1)CCN(C(=O)[C@H](CN)CC=O)[C@H]2COCNc1ccc(C(C)(C)C)c(F)c1. The average molecular weight is 486 g/mol. The van der Waals surface area contributed by atoms with Crippen LogP contribution in [0.5, 0.6) is 5.75 Å². The number of hydrogen-bond donors (Lipinski definition) is 2. The third-order valence-electron chi connectivity index (χ3n) is 6.44. The highest BCUT2D eigenvalue weighted by atomic mass is 19.1. The fourth-order valence-corrected chi connectivity index (χ4v) is 4.45. The minimum absolute atomic E-state index is 0.0898. The van der Waals surface area contributed by atoms with Crippen molar-refractivity contribution in [1.82, 2.24) is 4.90 Å². The second kappa shape index (κ2) is 11.6. The number of nitrogens with two attached hydrogens (primary N) is 1. The maximum absolute atomic E-state index is 14.5. The number of hydrogen-bond acceptors (Lipinski definition) is 6. The molecule has 2 aromatic rings. The molecule has 8 heteroatoms. The third-order valence-corrected chi connectivity index (χ3v) is 6.44. The number of carbonyl (C=O) groups is 2. The lowest BCUT2D eigenvalue weighted by Crippen LogP contribution is -2.46. The Labute approximate surface area is 206 Å². The van der Waals surface area contributed by atoms with Crippen LogP contribution in [0.25, 0.3) is 0 Å². The van der Waals surface area contributed by atoms with Crippen molar-refractivity contribution in [2.75, 3.05) is 38.9 Å². The fourth-order valence-electron chi connectivity index (χ4n) is 4.45. The summed E-state index contributed by atoms with van der Waals surface area (Å²) >= 11 is 0. The van der Waals surface area contributed by atoms with Gasteiger partial charge in [0.25, 0.3) is 0 Å². The number of carbonyl (C=O) groups excluding carboxylic acids is 2. The van der Waals surface area contributed by atoms with Gasteiger partial charge in [-0.15, -0.1) is 0 Å². The molecule has 7 nitrogen and oxygen atoms in total. The van der Waals surface area contributed by atoms with Crippen molar-refractivity contribution in [3.63, 3.8) is 0 Å². The van der Waals surface area contributed by atoms with Crippen LogP contribution in [0.15, 0.2) is 36.4 Å². The molecule has 1 heterocycles. The first kappa shape index (κ1) is 26.6. The van der Waals surface area contributed by atoms with Crippen LogP contribution < -0.4 is 15.8 Å². The molecule has 3 N–H and O–H groups in total. The molecule has 0 radical (unpaired) electrons. The Morgan fingerprint density at radius 2 is 2.06 bits per heavy atom. The number of amides is 1. The summed E-state index contributed by atoms with van der Waals surface area (Å²) in [6.07, 6.45) is 1.50. The molecule has 0 aromatic heterocycles. The van der Waals surface area contributed by atoms with Gasteiger partial charge in [-0.25, -0.2) is 4.39 Å². The molecule has 3 rings (SSSR count). The maximum atomic E-state index is 14.5. The van der Waals surface area contributed by atoms with E-state index in [1.807, 2.05) is 45.0 Å². The molecule has 35 heavy (non-hydrogen) atoms. The van der Waals surface area contributed by atoms with Gasteiger partial charge in [0.05, 0.1) is 25.7 Å². The van der Waals surface area contributed by atoms with Crippen LogP contribution in [0.2, 0.25) is 0 Å². The third kappa shape index (κ3) is 6.38. The molecule has 2 atom stereocenters. The van der Waals surface area contributed by atoms with Crippen molar-refractivity contribution >= 4 is 17.9 Å². The zero-order chi connectivity index (χ0) is 25.6. The predicted octanol–water partition coefficient (Wildman–Crippen LogP) is 3.81. The summed E-state index contributed by atoms with van der Waals surface area (Å²) in [6, 6.07) is 10.5. The molecule has 0 unspecified atom stereocenters. The number of aldehydes is 1. The molecule has 1 aliphatic heterocycles. The summed E-state index contributed by atoms with van der Waals surface area (Å²) in [5.41, 5.74) is 8.84. The molecular formula is C27H36FN3O4. The highest BCUT2D eigenvalue weighted by Gasteiger charge is 2.34. The largest absolute Gasteiger partial charge is 0.497 e. The monoisotopic (exact) mass is 485 g/mol. The lowest BCUT2D eigenvalue weighted by Gasteiger charge is -2.39. The molecule has 0 fully saturated rings. The van der Waals surface area contributed by atoms with Crippen LogP contribution in [-0.4, -0.2) is 50.6 Å². The van der Waals surface area contributed by atoms with E-state index in [-0.39, 0.29) is 49.5 Å². The summed E-state index contributed by atoms with van der Waals surface area (Å²) in [5, 5.41) is 3.09. The van der Waals surface area contributed by atoms with Crippen molar-refractivity contribution in [3.05, 3.63) is 58.9 Å². The average Bonchev–Trinajstić information content (AvgIpc) is 2.83. The Hall–Kier alpha value is -2.97. The number of ether oxygens (including phenoxy) is 2. The van der Waals surface area contributed by atoms with Crippen molar-refractivity contribution in [3.8, 4) is 5.75 Å². The van der Waals surface area contributed by atoms with Gasteiger partial charge < -0.3 is 30.2 Å². The summed E-state index contributed by atoms with van der Waals surface area (Å²) in [7, 11) is 1.62. The number of nitrogens with one attached hydrogen (secondary N) is 1. The van der Waals surface area contributed by atoms with E-state index in [0.717, 1.165) is 23.2 Å². The second-order valence-corrected chi connectivity index (χ2v) is 9.83.